The van der Waals surface area contributed by atoms with Crippen LogP contribution in [0.15, 0.2) is 18.2 Å². The molecule has 2 rings (SSSR count). The standard InChI is InChI=1S/C14H20ClFN2/c1-2-3-14(18-8-6-17-7-9-18)11-4-5-13(16)12(15)10-11/h4-5,10,14,17H,2-3,6-9H2,1H3/t14-/m0/s1. The second-order valence-electron chi connectivity index (χ2n) is 4.76. The molecule has 0 aliphatic carbocycles. The van der Waals surface area contributed by atoms with Gasteiger partial charge in [0.2, 0.25) is 0 Å². The molecule has 1 saturated heterocycles. The third-order valence-electron chi connectivity index (χ3n) is 3.48. The van der Waals surface area contributed by atoms with Crippen molar-refractivity contribution in [3.05, 3.63) is 34.6 Å². The third kappa shape index (κ3) is 3.22. The lowest BCUT2D eigenvalue weighted by atomic mass is 10.00. The van der Waals surface area contributed by atoms with Crippen LogP contribution in [-0.2, 0) is 0 Å². The van der Waals surface area contributed by atoms with E-state index in [1.54, 1.807) is 6.07 Å². The molecule has 1 N–H and O–H groups in total. The molecule has 1 aliphatic heterocycles. The minimum atomic E-state index is -0.337. The molecule has 1 heterocycles. The first-order chi connectivity index (χ1) is 8.72. The molecule has 1 aliphatic rings. The summed E-state index contributed by atoms with van der Waals surface area (Å²) in [7, 11) is 0. The Balaban J connectivity index is 2.19. The van der Waals surface area contributed by atoms with Gasteiger partial charge in [-0.15, -0.1) is 0 Å². The predicted octanol–water partition coefficient (Wildman–Crippen LogP) is 3.23. The second kappa shape index (κ2) is 6.50. The van der Waals surface area contributed by atoms with Crippen LogP contribution in [0.4, 0.5) is 4.39 Å². The van der Waals surface area contributed by atoms with Gasteiger partial charge in [0.25, 0.3) is 0 Å². The van der Waals surface area contributed by atoms with E-state index in [1.165, 1.54) is 6.07 Å². The number of nitrogens with one attached hydrogen (secondary N) is 1. The molecule has 2 nitrogen and oxygen atoms in total. The number of benzene rings is 1. The van der Waals surface area contributed by atoms with Crippen LogP contribution in [0.2, 0.25) is 5.02 Å². The van der Waals surface area contributed by atoms with Crippen molar-refractivity contribution in [3.63, 3.8) is 0 Å². The fraction of sp³-hybridized carbons (Fsp3) is 0.571. The van der Waals surface area contributed by atoms with E-state index in [9.17, 15) is 4.39 Å². The van der Waals surface area contributed by atoms with Crippen molar-refractivity contribution in [2.75, 3.05) is 26.2 Å². The highest BCUT2D eigenvalue weighted by molar-refractivity contribution is 6.30. The number of halogens is 2. The Hall–Kier alpha value is -0.640. The smallest absolute Gasteiger partial charge is 0.141 e. The normalized spacial score (nSPS) is 18.8. The summed E-state index contributed by atoms with van der Waals surface area (Å²) in [6.45, 7) is 6.31. The lowest BCUT2D eigenvalue weighted by Gasteiger charge is -2.35. The molecule has 1 aromatic carbocycles. The van der Waals surface area contributed by atoms with E-state index in [1.807, 2.05) is 6.07 Å². The van der Waals surface area contributed by atoms with Crippen LogP contribution in [0.3, 0.4) is 0 Å². The first-order valence-corrected chi connectivity index (χ1v) is 7.00. The van der Waals surface area contributed by atoms with Gasteiger partial charge in [-0.2, -0.15) is 0 Å². The molecule has 100 valence electrons. The van der Waals surface area contributed by atoms with E-state index in [0.717, 1.165) is 44.6 Å². The van der Waals surface area contributed by atoms with Crippen LogP contribution in [0.1, 0.15) is 31.4 Å². The summed E-state index contributed by atoms with van der Waals surface area (Å²) >= 11 is 5.89. The molecular weight excluding hydrogens is 251 g/mol. The fourth-order valence-electron chi connectivity index (χ4n) is 2.55. The van der Waals surface area contributed by atoms with Gasteiger partial charge in [0.1, 0.15) is 5.82 Å². The summed E-state index contributed by atoms with van der Waals surface area (Å²) in [6, 6.07) is 5.47. The Bertz CT molecular complexity index is 391. The molecular formula is C14H20ClFN2. The third-order valence-corrected chi connectivity index (χ3v) is 3.77. The topological polar surface area (TPSA) is 15.3 Å². The first-order valence-electron chi connectivity index (χ1n) is 6.62. The van der Waals surface area contributed by atoms with E-state index < -0.39 is 0 Å². The molecule has 0 saturated carbocycles. The van der Waals surface area contributed by atoms with Crippen LogP contribution in [0.25, 0.3) is 0 Å². The van der Waals surface area contributed by atoms with Gasteiger partial charge in [0.15, 0.2) is 0 Å². The average Bonchev–Trinajstić information content (AvgIpc) is 2.40. The van der Waals surface area contributed by atoms with Gasteiger partial charge in [-0.1, -0.05) is 31.0 Å². The predicted molar refractivity (Wildman–Crippen MR) is 73.5 cm³/mol. The van der Waals surface area contributed by atoms with Gasteiger partial charge in [-0.25, -0.2) is 4.39 Å². The maximum absolute atomic E-state index is 13.2. The minimum absolute atomic E-state index is 0.226. The van der Waals surface area contributed by atoms with Gasteiger partial charge in [-0.3, -0.25) is 4.90 Å². The molecule has 1 atom stereocenters. The van der Waals surface area contributed by atoms with Gasteiger partial charge in [0, 0.05) is 32.2 Å². The molecule has 0 amide bonds. The minimum Gasteiger partial charge on any atom is -0.314 e. The number of hydrogen-bond acceptors (Lipinski definition) is 2. The molecule has 0 unspecified atom stereocenters. The van der Waals surface area contributed by atoms with Crippen LogP contribution in [0, 0.1) is 5.82 Å². The molecule has 0 spiro atoms. The largest absolute Gasteiger partial charge is 0.314 e. The summed E-state index contributed by atoms with van der Waals surface area (Å²) in [5.74, 6) is -0.337. The van der Waals surface area contributed by atoms with Crippen molar-refractivity contribution in [1.29, 1.82) is 0 Å². The average molecular weight is 271 g/mol. The molecule has 4 heteroatoms. The Labute approximate surface area is 113 Å². The number of nitrogens with zero attached hydrogens (tertiary/aromatic N) is 1. The fourth-order valence-corrected chi connectivity index (χ4v) is 2.74. The van der Waals surface area contributed by atoms with Gasteiger partial charge in [0.05, 0.1) is 5.02 Å². The monoisotopic (exact) mass is 270 g/mol. The van der Waals surface area contributed by atoms with Gasteiger partial charge >= 0.3 is 0 Å². The lowest BCUT2D eigenvalue weighted by Crippen LogP contribution is -2.45. The van der Waals surface area contributed by atoms with Crippen molar-refractivity contribution in [2.24, 2.45) is 0 Å². The maximum Gasteiger partial charge on any atom is 0.141 e. The summed E-state index contributed by atoms with van der Waals surface area (Å²) < 4.78 is 13.2. The van der Waals surface area contributed by atoms with Crippen LogP contribution < -0.4 is 5.32 Å². The van der Waals surface area contributed by atoms with E-state index in [-0.39, 0.29) is 10.8 Å². The number of piperazine rings is 1. The first kappa shape index (κ1) is 13.8. The molecule has 0 bridgehead atoms. The second-order valence-corrected chi connectivity index (χ2v) is 5.17. The summed E-state index contributed by atoms with van der Waals surface area (Å²) in [6.07, 6.45) is 2.20. The zero-order chi connectivity index (χ0) is 13.0. The van der Waals surface area contributed by atoms with Crippen molar-refractivity contribution >= 4 is 11.6 Å². The Morgan fingerprint density at radius 1 is 1.39 bits per heavy atom. The van der Waals surface area contributed by atoms with Crippen LogP contribution >= 0.6 is 11.6 Å². The van der Waals surface area contributed by atoms with Crippen molar-refractivity contribution < 1.29 is 4.39 Å². The van der Waals surface area contributed by atoms with Gasteiger partial charge < -0.3 is 5.32 Å². The molecule has 0 radical (unpaired) electrons. The quantitative estimate of drug-likeness (QED) is 0.904. The van der Waals surface area contributed by atoms with E-state index >= 15 is 0 Å². The highest BCUT2D eigenvalue weighted by Gasteiger charge is 2.21. The zero-order valence-electron chi connectivity index (χ0n) is 10.8. The maximum atomic E-state index is 13.2. The Morgan fingerprint density at radius 2 is 2.11 bits per heavy atom. The van der Waals surface area contributed by atoms with Crippen molar-refractivity contribution in [1.82, 2.24) is 10.2 Å². The number of rotatable bonds is 4. The van der Waals surface area contributed by atoms with Crippen molar-refractivity contribution in [2.45, 2.75) is 25.8 Å². The van der Waals surface area contributed by atoms with Crippen molar-refractivity contribution in [3.8, 4) is 0 Å². The van der Waals surface area contributed by atoms with E-state index in [2.05, 4.69) is 17.1 Å². The molecule has 1 fully saturated rings. The number of hydrogen-bond donors (Lipinski definition) is 1. The van der Waals surface area contributed by atoms with Crippen LogP contribution in [0.5, 0.6) is 0 Å². The summed E-state index contributed by atoms with van der Waals surface area (Å²) in [5, 5.41) is 3.58. The Kier molecular flexibility index (Phi) is 4.98. The van der Waals surface area contributed by atoms with Gasteiger partial charge in [-0.05, 0) is 24.1 Å². The molecule has 18 heavy (non-hydrogen) atoms. The summed E-state index contributed by atoms with van der Waals surface area (Å²) in [4.78, 5) is 2.46. The molecule has 0 aromatic heterocycles. The van der Waals surface area contributed by atoms with Crippen LogP contribution in [-0.4, -0.2) is 31.1 Å². The van der Waals surface area contributed by atoms with E-state index in [0.29, 0.717) is 6.04 Å². The summed E-state index contributed by atoms with van der Waals surface area (Å²) in [5.41, 5.74) is 1.13. The molecule has 1 aromatic rings. The lowest BCUT2D eigenvalue weighted by molar-refractivity contribution is 0.164. The zero-order valence-corrected chi connectivity index (χ0v) is 11.5. The highest BCUT2D eigenvalue weighted by atomic mass is 35.5. The van der Waals surface area contributed by atoms with E-state index in [4.69, 9.17) is 11.6 Å². The Morgan fingerprint density at radius 3 is 2.72 bits per heavy atom. The SMILES string of the molecule is CCC[C@@H](c1ccc(F)c(Cl)c1)N1CCNCC1. The highest BCUT2D eigenvalue weighted by Crippen LogP contribution is 2.28.